The topological polar surface area (TPSA) is 72.6 Å². The third kappa shape index (κ3) is 7.13. The molecule has 2 N–H and O–H groups in total. The molecule has 3 fully saturated rings. The fourth-order valence-electron chi connectivity index (χ4n) is 4.14. The van der Waals surface area contributed by atoms with Gasteiger partial charge in [-0.1, -0.05) is 30.3 Å². The molecule has 0 unspecified atom stereocenters. The second-order valence-electron chi connectivity index (χ2n) is 9.32. The highest BCUT2D eigenvalue weighted by Gasteiger charge is 2.25. The number of primary amides is 1. The van der Waals surface area contributed by atoms with E-state index in [1.807, 2.05) is 18.2 Å². The standard InChI is InChI=1S/C16H22FNO.C11H11NO2/c17-15-12-13(4-3-11-18-9-1-2-10-18)5-8-16(15)19-14-6-7-14;12-11(14)10(13)9-5-3-8(4-6-9)7-1-2-7/h5,8,12,14H,1-4,6-7,9-11H2;3-7H,1-2H2,(H2,12,14). The van der Waals surface area contributed by atoms with Gasteiger partial charge < -0.3 is 15.4 Å². The third-order valence-electron chi connectivity index (χ3n) is 6.40. The molecule has 5 nitrogen and oxygen atoms in total. The molecule has 1 aliphatic heterocycles. The number of benzene rings is 2. The van der Waals surface area contributed by atoms with Crippen LogP contribution in [0.1, 0.15) is 72.3 Å². The first-order valence-corrected chi connectivity index (χ1v) is 12.1. The first-order chi connectivity index (χ1) is 16.0. The van der Waals surface area contributed by atoms with Crippen molar-refractivity contribution in [2.45, 2.75) is 63.4 Å². The number of rotatable bonds is 9. The van der Waals surface area contributed by atoms with Crippen LogP contribution in [-0.4, -0.2) is 42.3 Å². The number of carbonyl (C=O) groups excluding carboxylic acids is 2. The smallest absolute Gasteiger partial charge is 0.289 e. The first-order valence-electron chi connectivity index (χ1n) is 12.1. The van der Waals surface area contributed by atoms with Crippen LogP contribution in [0.15, 0.2) is 42.5 Å². The number of halogens is 1. The van der Waals surface area contributed by atoms with Crippen molar-refractivity contribution in [3.63, 3.8) is 0 Å². The first kappa shape index (κ1) is 23.4. The lowest BCUT2D eigenvalue weighted by Gasteiger charge is -2.14. The Bertz CT molecular complexity index is 962. The van der Waals surface area contributed by atoms with Gasteiger partial charge in [-0.15, -0.1) is 0 Å². The molecular formula is C27H33FN2O3. The summed E-state index contributed by atoms with van der Waals surface area (Å²) >= 11 is 0. The predicted molar refractivity (Wildman–Crippen MR) is 126 cm³/mol. The van der Waals surface area contributed by atoms with E-state index in [1.165, 1.54) is 44.3 Å². The van der Waals surface area contributed by atoms with E-state index in [9.17, 15) is 14.0 Å². The molecule has 0 atom stereocenters. The number of aryl methyl sites for hydroxylation is 1. The molecule has 33 heavy (non-hydrogen) atoms. The number of likely N-dealkylation sites (tertiary alicyclic amines) is 1. The molecule has 2 aromatic carbocycles. The zero-order valence-electron chi connectivity index (χ0n) is 19.1. The lowest BCUT2D eigenvalue weighted by molar-refractivity contribution is -0.114. The molecule has 1 amide bonds. The van der Waals surface area contributed by atoms with Gasteiger partial charge in [0.2, 0.25) is 5.78 Å². The Morgan fingerprint density at radius 2 is 1.70 bits per heavy atom. The Morgan fingerprint density at radius 1 is 1.00 bits per heavy atom. The van der Waals surface area contributed by atoms with E-state index in [0.717, 1.165) is 37.8 Å². The van der Waals surface area contributed by atoms with Crippen LogP contribution in [0.4, 0.5) is 4.39 Å². The van der Waals surface area contributed by atoms with Crippen molar-refractivity contribution in [1.82, 2.24) is 4.90 Å². The van der Waals surface area contributed by atoms with Gasteiger partial charge in [-0.25, -0.2) is 4.39 Å². The Morgan fingerprint density at radius 3 is 2.27 bits per heavy atom. The molecule has 5 rings (SSSR count). The predicted octanol–water partition coefficient (Wildman–Crippen LogP) is 4.63. The lowest BCUT2D eigenvalue weighted by atomic mass is 10.1. The molecule has 2 aliphatic carbocycles. The van der Waals surface area contributed by atoms with E-state index in [-0.39, 0.29) is 11.9 Å². The minimum atomic E-state index is -0.899. The summed E-state index contributed by atoms with van der Waals surface area (Å²) in [5.74, 6) is -0.638. The van der Waals surface area contributed by atoms with E-state index < -0.39 is 11.7 Å². The Labute approximate surface area is 195 Å². The molecule has 6 heteroatoms. The fraction of sp³-hybridized carbons (Fsp3) is 0.481. The normalized spacial score (nSPS) is 17.8. The van der Waals surface area contributed by atoms with Crippen molar-refractivity contribution in [2.75, 3.05) is 19.6 Å². The lowest BCUT2D eigenvalue weighted by Crippen LogP contribution is -2.22. The van der Waals surface area contributed by atoms with Crippen LogP contribution in [0.2, 0.25) is 0 Å². The highest BCUT2D eigenvalue weighted by atomic mass is 19.1. The Hall–Kier alpha value is -2.73. The van der Waals surface area contributed by atoms with Gasteiger partial charge in [0.1, 0.15) is 0 Å². The largest absolute Gasteiger partial charge is 0.487 e. The molecular weight excluding hydrogens is 419 g/mol. The van der Waals surface area contributed by atoms with Crippen molar-refractivity contribution < 1.29 is 18.7 Å². The zero-order chi connectivity index (χ0) is 23.2. The number of carbonyl (C=O) groups is 2. The number of Topliss-reactive ketones (excluding diaryl/α,β-unsaturated/α-hetero) is 1. The Kier molecular flexibility index (Phi) is 7.76. The molecule has 0 bridgehead atoms. The minimum absolute atomic E-state index is 0.203. The van der Waals surface area contributed by atoms with Crippen molar-refractivity contribution in [1.29, 1.82) is 0 Å². The van der Waals surface area contributed by atoms with Gasteiger partial charge >= 0.3 is 0 Å². The molecule has 0 spiro atoms. The molecule has 1 saturated heterocycles. The maximum absolute atomic E-state index is 13.8. The fourth-order valence-corrected chi connectivity index (χ4v) is 4.14. The summed E-state index contributed by atoms with van der Waals surface area (Å²) in [6.07, 6.45) is 9.58. The van der Waals surface area contributed by atoms with Crippen LogP contribution in [-0.2, 0) is 11.2 Å². The average Bonchev–Trinajstić information content (AvgIpc) is 3.75. The number of hydrogen-bond donors (Lipinski definition) is 1. The van der Waals surface area contributed by atoms with E-state index >= 15 is 0 Å². The molecule has 0 aromatic heterocycles. The SMILES string of the molecule is Fc1cc(CCCN2CCCC2)ccc1OC1CC1.NC(=O)C(=O)c1ccc(C2CC2)cc1. The van der Waals surface area contributed by atoms with Crippen molar-refractivity contribution in [3.05, 3.63) is 65.0 Å². The van der Waals surface area contributed by atoms with Crippen molar-refractivity contribution >= 4 is 11.7 Å². The van der Waals surface area contributed by atoms with Crippen molar-refractivity contribution in [2.24, 2.45) is 5.73 Å². The summed E-state index contributed by atoms with van der Waals surface area (Å²) < 4.78 is 19.3. The maximum Gasteiger partial charge on any atom is 0.289 e. The maximum atomic E-state index is 13.8. The number of ketones is 1. The summed E-state index contributed by atoms with van der Waals surface area (Å²) in [6, 6.07) is 12.6. The number of ether oxygens (including phenoxy) is 1. The summed E-state index contributed by atoms with van der Waals surface area (Å²) in [4.78, 5) is 24.3. The highest BCUT2D eigenvalue weighted by Crippen LogP contribution is 2.39. The van der Waals surface area contributed by atoms with E-state index in [4.69, 9.17) is 10.5 Å². The van der Waals surface area contributed by atoms with Gasteiger partial charge in [-0.05, 0) is 100 Å². The van der Waals surface area contributed by atoms with Crippen LogP contribution in [0, 0.1) is 5.82 Å². The summed E-state index contributed by atoms with van der Waals surface area (Å²) in [5, 5.41) is 0. The van der Waals surface area contributed by atoms with Gasteiger partial charge in [0.05, 0.1) is 6.10 Å². The monoisotopic (exact) mass is 452 g/mol. The Balaban J connectivity index is 0.000000165. The minimum Gasteiger partial charge on any atom is -0.487 e. The molecule has 3 aliphatic rings. The van der Waals surface area contributed by atoms with Crippen LogP contribution in [0.25, 0.3) is 0 Å². The van der Waals surface area contributed by atoms with E-state index in [2.05, 4.69) is 4.90 Å². The zero-order valence-corrected chi connectivity index (χ0v) is 19.1. The number of nitrogens with two attached hydrogens (primary N) is 1. The van der Waals surface area contributed by atoms with Gasteiger partial charge in [0.25, 0.3) is 5.91 Å². The highest BCUT2D eigenvalue weighted by molar-refractivity contribution is 6.42. The molecule has 2 saturated carbocycles. The number of nitrogens with zero attached hydrogens (tertiary/aromatic N) is 1. The van der Waals surface area contributed by atoms with Crippen molar-refractivity contribution in [3.8, 4) is 5.75 Å². The summed E-state index contributed by atoms with van der Waals surface area (Å²) in [6.45, 7) is 3.62. The second kappa shape index (κ2) is 10.9. The number of hydrogen-bond acceptors (Lipinski definition) is 4. The number of amides is 1. The molecule has 176 valence electrons. The molecule has 1 heterocycles. The van der Waals surface area contributed by atoms with Gasteiger partial charge in [-0.3, -0.25) is 9.59 Å². The van der Waals surface area contributed by atoms with E-state index in [1.54, 1.807) is 24.3 Å². The molecule has 2 aromatic rings. The summed E-state index contributed by atoms with van der Waals surface area (Å²) in [5.41, 5.74) is 7.59. The van der Waals surface area contributed by atoms with Gasteiger partial charge in [0.15, 0.2) is 11.6 Å². The summed E-state index contributed by atoms with van der Waals surface area (Å²) in [7, 11) is 0. The van der Waals surface area contributed by atoms with Crippen LogP contribution >= 0.6 is 0 Å². The third-order valence-corrected chi connectivity index (χ3v) is 6.40. The average molecular weight is 453 g/mol. The van der Waals surface area contributed by atoms with Crippen LogP contribution in [0.5, 0.6) is 5.75 Å². The van der Waals surface area contributed by atoms with Gasteiger partial charge in [-0.2, -0.15) is 0 Å². The van der Waals surface area contributed by atoms with Crippen LogP contribution < -0.4 is 10.5 Å². The quantitative estimate of drug-likeness (QED) is 0.445. The van der Waals surface area contributed by atoms with Gasteiger partial charge in [0, 0.05) is 5.56 Å². The second-order valence-corrected chi connectivity index (χ2v) is 9.32. The van der Waals surface area contributed by atoms with Crippen LogP contribution in [0.3, 0.4) is 0 Å². The van der Waals surface area contributed by atoms with E-state index in [0.29, 0.717) is 17.2 Å². The molecule has 0 radical (unpaired) electrons.